The first-order valence-electron chi connectivity index (χ1n) is 7.11. The van der Waals surface area contributed by atoms with Crippen molar-refractivity contribution in [2.45, 2.75) is 57.6 Å². The van der Waals surface area contributed by atoms with Crippen molar-refractivity contribution in [2.24, 2.45) is 0 Å². The van der Waals surface area contributed by atoms with E-state index in [4.69, 9.17) is 4.74 Å². The summed E-state index contributed by atoms with van der Waals surface area (Å²) in [5, 5.41) is 3.04. The zero-order valence-electron chi connectivity index (χ0n) is 11.6. The van der Waals surface area contributed by atoms with Crippen molar-refractivity contribution < 1.29 is 13.9 Å². The van der Waals surface area contributed by atoms with Crippen LogP contribution in [-0.4, -0.2) is 28.0 Å². The summed E-state index contributed by atoms with van der Waals surface area (Å²) in [6.07, 6.45) is 7.15. The van der Waals surface area contributed by atoms with Crippen LogP contribution in [0.25, 0.3) is 0 Å². The summed E-state index contributed by atoms with van der Waals surface area (Å²) in [7, 11) is 0. The van der Waals surface area contributed by atoms with Crippen molar-refractivity contribution in [2.75, 3.05) is 0 Å². The number of hydrogen-bond acceptors (Lipinski definition) is 4. The highest BCUT2D eigenvalue weighted by Gasteiger charge is 2.23. The minimum atomic E-state index is -0.473. The normalized spacial score (nSPS) is 22.3. The molecule has 0 saturated heterocycles. The Morgan fingerprint density at radius 1 is 1.35 bits per heavy atom. The van der Waals surface area contributed by atoms with Crippen LogP contribution in [0.4, 0.5) is 4.39 Å². The Kier molecular flexibility index (Phi) is 5.26. The quantitative estimate of drug-likeness (QED) is 0.899. The van der Waals surface area contributed by atoms with E-state index in [9.17, 15) is 9.18 Å². The van der Waals surface area contributed by atoms with Gasteiger partial charge in [0, 0.05) is 12.5 Å². The molecule has 0 unspecified atom stereocenters. The first-order valence-corrected chi connectivity index (χ1v) is 7.11. The molecule has 0 atom stereocenters. The lowest BCUT2D eigenvalue weighted by molar-refractivity contribution is -0.122. The smallest absolute Gasteiger partial charge is 0.316 e. The van der Waals surface area contributed by atoms with Gasteiger partial charge in [-0.05, 0) is 32.1 Å². The molecular formula is C14H20FN3O2. The van der Waals surface area contributed by atoms with Crippen LogP contribution in [0.15, 0.2) is 12.4 Å². The molecular weight excluding hydrogens is 261 g/mol. The Labute approximate surface area is 118 Å². The van der Waals surface area contributed by atoms with Gasteiger partial charge in [-0.2, -0.15) is 0 Å². The van der Waals surface area contributed by atoms with E-state index in [1.807, 2.05) is 6.92 Å². The fraction of sp³-hybridized carbons (Fsp3) is 0.643. The minimum absolute atomic E-state index is 0.0415. The minimum Gasteiger partial charge on any atom is -0.460 e. The van der Waals surface area contributed by atoms with Gasteiger partial charge in [0.15, 0.2) is 5.82 Å². The highest BCUT2D eigenvalue weighted by atomic mass is 19.1. The number of aromatic nitrogens is 2. The summed E-state index contributed by atoms with van der Waals surface area (Å²) in [5.41, 5.74) is 0. The molecule has 1 aliphatic carbocycles. The summed E-state index contributed by atoms with van der Waals surface area (Å²) in [4.78, 5) is 19.1. The fourth-order valence-electron chi connectivity index (χ4n) is 2.36. The number of ether oxygens (including phenoxy) is 1. The Balaban J connectivity index is 1.74. The Hall–Kier alpha value is -1.72. The maximum atomic E-state index is 12.7. The van der Waals surface area contributed by atoms with Gasteiger partial charge >= 0.3 is 6.01 Å². The second-order valence-electron chi connectivity index (χ2n) is 5.09. The van der Waals surface area contributed by atoms with Crippen molar-refractivity contribution in [3.63, 3.8) is 0 Å². The SMILES string of the molecule is CCCC(=O)NC1CCC(Oc2ncc(F)cn2)CC1. The number of halogens is 1. The van der Waals surface area contributed by atoms with Crippen LogP contribution in [0.3, 0.4) is 0 Å². The van der Waals surface area contributed by atoms with Gasteiger partial charge in [0.25, 0.3) is 0 Å². The van der Waals surface area contributed by atoms with Gasteiger partial charge in [0.1, 0.15) is 6.10 Å². The van der Waals surface area contributed by atoms with Crippen LogP contribution in [-0.2, 0) is 4.79 Å². The van der Waals surface area contributed by atoms with Crippen LogP contribution in [0.1, 0.15) is 45.4 Å². The molecule has 1 saturated carbocycles. The van der Waals surface area contributed by atoms with Gasteiger partial charge < -0.3 is 10.1 Å². The second kappa shape index (κ2) is 7.17. The summed E-state index contributed by atoms with van der Waals surface area (Å²) >= 11 is 0. The molecule has 1 aromatic rings. The van der Waals surface area contributed by atoms with Gasteiger partial charge in [-0.25, -0.2) is 14.4 Å². The van der Waals surface area contributed by atoms with Gasteiger partial charge in [-0.15, -0.1) is 0 Å². The third-order valence-corrected chi connectivity index (χ3v) is 3.39. The van der Waals surface area contributed by atoms with Gasteiger partial charge in [0.2, 0.25) is 5.91 Å². The molecule has 1 heterocycles. The summed E-state index contributed by atoms with van der Waals surface area (Å²) in [6, 6.07) is 0.452. The highest BCUT2D eigenvalue weighted by molar-refractivity contribution is 5.76. The van der Waals surface area contributed by atoms with Crippen molar-refractivity contribution in [3.8, 4) is 6.01 Å². The number of amides is 1. The van der Waals surface area contributed by atoms with E-state index < -0.39 is 5.82 Å². The fourth-order valence-corrected chi connectivity index (χ4v) is 2.36. The maximum absolute atomic E-state index is 12.7. The Morgan fingerprint density at radius 2 is 2.00 bits per heavy atom. The molecule has 5 nitrogen and oxygen atoms in total. The van der Waals surface area contributed by atoms with Crippen molar-refractivity contribution in [1.29, 1.82) is 0 Å². The monoisotopic (exact) mass is 281 g/mol. The van der Waals surface area contributed by atoms with E-state index in [-0.39, 0.29) is 24.1 Å². The first-order chi connectivity index (χ1) is 9.67. The van der Waals surface area contributed by atoms with Gasteiger partial charge in [-0.3, -0.25) is 4.79 Å². The molecule has 0 aromatic carbocycles. The predicted octanol–water partition coefficient (Wildman–Crippen LogP) is 2.22. The molecule has 20 heavy (non-hydrogen) atoms. The molecule has 0 bridgehead atoms. The third-order valence-electron chi connectivity index (χ3n) is 3.39. The average Bonchev–Trinajstić information content (AvgIpc) is 2.44. The number of rotatable bonds is 5. The van der Waals surface area contributed by atoms with E-state index in [1.54, 1.807) is 0 Å². The summed E-state index contributed by atoms with van der Waals surface area (Å²) in [5.74, 6) is -0.349. The van der Waals surface area contributed by atoms with E-state index in [0.717, 1.165) is 44.5 Å². The van der Waals surface area contributed by atoms with E-state index in [0.29, 0.717) is 6.42 Å². The zero-order chi connectivity index (χ0) is 14.4. The molecule has 2 rings (SSSR count). The molecule has 0 spiro atoms. The maximum Gasteiger partial charge on any atom is 0.316 e. The molecule has 0 aliphatic heterocycles. The number of hydrogen-bond donors (Lipinski definition) is 1. The average molecular weight is 281 g/mol. The lowest BCUT2D eigenvalue weighted by Crippen LogP contribution is -2.39. The van der Waals surface area contributed by atoms with Crippen molar-refractivity contribution in [3.05, 3.63) is 18.2 Å². The first kappa shape index (κ1) is 14.7. The largest absolute Gasteiger partial charge is 0.460 e. The highest BCUT2D eigenvalue weighted by Crippen LogP contribution is 2.22. The predicted molar refractivity (Wildman–Crippen MR) is 71.7 cm³/mol. The number of nitrogens with one attached hydrogen (secondary N) is 1. The van der Waals surface area contributed by atoms with E-state index in [2.05, 4.69) is 15.3 Å². The molecule has 1 fully saturated rings. The van der Waals surface area contributed by atoms with E-state index in [1.165, 1.54) is 0 Å². The molecule has 110 valence electrons. The summed E-state index contributed by atoms with van der Waals surface area (Å²) in [6.45, 7) is 1.99. The van der Waals surface area contributed by atoms with Crippen molar-refractivity contribution >= 4 is 5.91 Å². The van der Waals surface area contributed by atoms with Crippen LogP contribution >= 0.6 is 0 Å². The molecule has 6 heteroatoms. The standard InChI is InChI=1S/C14H20FN3O2/c1-2-3-13(19)18-11-4-6-12(7-5-11)20-14-16-8-10(15)9-17-14/h8-9,11-12H,2-7H2,1H3,(H,18,19). The van der Waals surface area contributed by atoms with Crippen LogP contribution in [0.5, 0.6) is 6.01 Å². The molecule has 1 amide bonds. The van der Waals surface area contributed by atoms with Crippen LogP contribution < -0.4 is 10.1 Å². The van der Waals surface area contributed by atoms with Crippen LogP contribution in [0, 0.1) is 5.82 Å². The summed E-state index contributed by atoms with van der Waals surface area (Å²) < 4.78 is 18.3. The molecule has 1 aromatic heterocycles. The number of carbonyl (C=O) groups excluding carboxylic acids is 1. The van der Waals surface area contributed by atoms with Gasteiger partial charge in [0.05, 0.1) is 12.4 Å². The van der Waals surface area contributed by atoms with Crippen molar-refractivity contribution in [1.82, 2.24) is 15.3 Å². The number of carbonyl (C=O) groups is 1. The van der Waals surface area contributed by atoms with E-state index >= 15 is 0 Å². The zero-order valence-corrected chi connectivity index (χ0v) is 11.6. The lowest BCUT2D eigenvalue weighted by atomic mass is 9.93. The third kappa shape index (κ3) is 4.43. The Bertz CT molecular complexity index is 431. The number of nitrogens with zero attached hydrogens (tertiary/aromatic N) is 2. The topological polar surface area (TPSA) is 64.1 Å². The van der Waals surface area contributed by atoms with Crippen LogP contribution in [0.2, 0.25) is 0 Å². The molecule has 1 N–H and O–H groups in total. The van der Waals surface area contributed by atoms with Gasteiger partial charge in [-0.1, -0.05) is 6.92 Å². The second-order valence-corrected chi connectivity index (χ2v) is 5.09. The Morgan fingerprint density at radius 3 is 2.60 bits per heavy atom. The lowest BCUT2D eigenvalue weighted by Gasteiger charge is -2.28. The molecule has 0 radical (unpaired) electrons. The molecule has 1 aliphatic rings.